The van der Waals surface area contributed by atoms with Crippen molar-refractivity contribution in [2.45, 2.75) is 13.3 Å². The number of aryl methyl sites for hydroxylation is 1. The van der Waals surface area contributed by atoms with Gasteiger partial charge in [0, 0.05) is 6.42 Å². The van der Waals surface area contributed by atoms with Crippen molar-refractivity contribution >= 4 is 18.4 Å². The predicted molar refractivity (Wildman–Crippen MR) is 72.3 cm³/mol. The minimum Gasteiger partial charge on any atom is -0.454 e. The molecule has 98 valence electrons. The van der Waals surface area contributed by atoms with E-state index in [9.17, 15) is 0 Å². The summed E-state index contributed by atoms with van der Waals surface area (Å²) in [5.41, 5.74) is 0.911. The van der Waals surface area contributed by atoms with Crippen LogP contribution in [0.5, 0.6) is 11.5 Å². The van der Waals surface area contributed by atoms with Crippen molar-refractivity contribution < 1.29 is 9.47 Å². The van der Waals surface area contributed by atoms with E-state index in [4.69, 9.17) is 21.7 Å². The number of fused-ring (bicyclic) bond motifs is 1. The molecule has 0 aliphatic carbocycles. The van der Waals surface area contributed by atoms with Gasteiger partial charge in [-0.05, 0) is 36.0 Å². The first-order valence-electron chi connectivity index (χ1n) is 5.88. The maximum Gasteiger partial charge on any atom is 0.231 e. The summed E-state index contributed by atoms with van der Waals surface area (Å²) in [4.78, 5) is 0. The first-order chi connectivity index (χ1) is 9.28. The fourth-order valence-corrected chi connectivity index (χ4v) is 1.99. The number of benzene rings is 1. The molecule has 2 heterocycles. The molecule has 1 aromatic carbocycles. The van der Waals surface area contributed by atoms with Crippen LogP contribution in [0.25, 0.3) is 0 Å². The number of nitrogens with one attached hydrogen (secondary N) is 1. The van der Waals surface area contributed by atoms with Gasteiger partial charge in [0.15, 0.2) is 17.3 Å². The van der Waals surface area contributed by atoms with Gasteiger partial charge in [-0.15, -0.1) is 0 Å². The van der Waals surface area contributed by atoms with E-state index < -0.39 is 0 Å². The zero-order valence-corrected chi connectivity index (χ0v) is 11.1. The van der Waals surface area contributed by atoms with Crippen LogP contribution in [0.15, 0.2) is 23.3 Å². The average Bonchev–Trinajstić information content (AvgIpc) is 3.02. The van der Waals surface area contributed by atoms with E-state index in [1.165, 1.54) is 0 Å². The van der Waals surface area contributed by atoms with E-state index in [1.54, 1.807) is 10.9 Å². The lowest BCUT2D eigenvalue weighted by atomic mass is 10.2. The quantitative estimate of drug-likeness (QED) is 0.689. The molecule has 0 amide bonds. The fourth-order valence-electron chi connectivity index (χ4n) is 1.79. The number of rotatable bonds is 3. The predicted octanol–water partition coefficient (Wildman–Crippen LogP) is 2.11. The first kappa shape index (κ1) is 11.9. The third-order valence-electron chi connectivity index (χ3n) is 2.75. The van der Waals surface area contributed by atoms with E-state index in [1.807, 2.05) is 25.1 Å². The van der Waals surface area contributed by atoms with Crippen LogP contribution in [0.1, 0.15) is 18.3 Å². The lowest BCUT2D eigenvalue weighted by molar-refractivity contribution is 0.174. The number of aromatic amines is 1. The molecule has 0 atom stereocenters. The molecule has 1 N–H and O–H groups in total. The van der Waals surface area contributed by atoms with Crippen LogP contribution in [0.3, 0.4) is 0 Å². The van der Waals surface area contributed by atoms with Gasteiger partial charge in [-0.25, -0.2) is 0 Å². The summed E-state index contributed by atoms with van der Waals surface area (Å²) in [6, 6.07) is 5.65. The SMILES string of the molecule is CCc1n[nH]c(=S)n1/N=C\c1ccc2c(c1)OCO2. The van der Waals surface area contributed by atoms with Crippen LogP contribution in [0.2, 0.25) is 0 Å². The Kier molecular flexibility index (Phi) is 3.04. The Balaban J connectivity index is 1.90. The van der Waals surface area contributed by atoms with Crippen molar-refractivity contribution in [3.63, 3.8) is 0 Å². The van der Waals surface area contributed by atoms with Gasteiger partial charge in [0.25, 0.3) is 0 Å². The number of ether oxygens (including phenoxy) is 2. The van der Waals surface area contributed by atoms with Crippen LogP contribution < -0.4 is 9.47 Å². The molecule has 19 heavy (non-hydrogen) atoms. The molecule has 0 radical (unpaired) electrons. The summed E-state index contributed by atoms with van der Waals surface area (Å²) < 4.78 is 12.7. The topological polar surface area (TPSA) is 64.4 Å². The highest BCUT2D eigenvalue weighted by molar-refractivity contribution is 7.71. The maximum atomic E-state index is 5.31. The van der Waals surface area contributed by atoms with Crippen molar-refractivity contribution in [3.8, 4) is 11.5 Å². The van der Waals surface area contributed by atoms with Gasteiger partial charge in [0.05, 0.1) is 6.21 Å². The van der Waals surface area contributed by atoms with Gasteiger partial charge in [-0.2, -0.15) is 14.9 Å². The summed E-state index contributed by atoms with van der Waals surface area (Å²) >= 11 is 5.12. The van der Waals surface area contributed by atoms with E-state index in [-0.39, 0.29) is 6.79 Å². The molecule has 1 aliphatic rings. The molecule has 1 aromatic heterocycles. The van der Waals surface area contributed by atoms with Crippen molar-refractivity contribution in [2.24, 2.45) is 5.10 Å². The van der Waals surface area contributed by atoms with Crippen LogP contribution in [-0.2, 0) is 6.42 Å². The van der Waals surface area contributed by atoms with Crippen molar-refractivity contribution in [2.75, 3.05) is 6.79 Å². The molecule has 0 spiro atoms. The van der Waals surface area contributed by atoms with Crippen molar-refractivity contribution in [3.05, 3.63) is 34.4 Å². The third kappa shape index (κ3) is 2.24. The molecular formula is C12H12N4O2S. The molecule has 3 rings (SSSR count). The van der Waals surface area contributed by atoms with Gasteiger partial charge >= 0.3 is 0 Å². The molecule has 0 bridgehead atoms. The summed E-state index contributed by atoms with van der Waals surface area (Å²) in [5.74, 6) is 2.28. The molecule has 1 aliphatic heterocycles. The smallest absolute Gasteiger partial charge is 0.231 e. The Morgan fingerprint density at radius 3 is 3.16 bits per heavy atom. The number of aromatic nitrogens is 3. The zero-order valence-electron chi connectivity index (χ0n) is 10.3. The highest BCUT2D eigenvalue weighted by Crippen LogP contribution is 2.31. The minimum atomic E-state index is 0.267. The second-order valence-corrected chi connectivity index (χ2v) is 4.35. The number of H-pyrrole nitrogens is 1. The van der Waals surface area contributed by atoms with E-state index in [0.29, 0.717) is 4.77 Å². The van der Waals surface area contributed by atoms with Gasteiger partial charge in [-0.3, -0.25) is 5.10 Å². The summed E-state index contributed by atoms with van der Waals surface area (Å²) in [6.07, 6.45) is 2.47. The monoisotopic (exact) mass is 276 g/mol. The summed E-state index contributed by atoms with van der Waals surface area (Å²) in [6.45, 7) is 2.26. The van der Waals surface area contributed by atoms with Gasteiger partial charge in [0.2, 0.25) is 11.6 Å². The molecule has 0 unspecified atom stereocenters. The van der Waals surface area contributed by atoms with Crippen LogP contribution in [0.4, 0.5) is 0 Å². The lowest BCUT2D eigenvalue weighted by Crippen LogP contribution is -1.97. The number of hydrogen-bond donors (Lipinski definition) is 1. The van der Waals surface area contributed by atoms with Gasteiger partial charge in [0.1, 0.15) is 0 Å². The largest absolute Gasteiger partial charge is 0.454 e. The second kappa shape index (κ2) is 4.85. The van der Waals surface area contributed by atoms with Crippen LogP contribution in [-0.4, -0.2) is 27.9 Å². The minimum absolute atomic E-state index is 0.267. The average molecular weight is 276 g/mol. The molecule has 7 heteroatoms. The van der Waals surface area contributed by atoms with E-state index in [0.717, 1.165) is 29.3 Å². The normalized spacial score (nSPS) is 13.3. The second-order valence-electron chi connectivity index (χ2n) is 3.97. The van der Waals surface area contributed by atoms with Gasteiger partial charge in [-0.1, -0.05) is 6.92 Å². The summed E-state index contributed by atoms with van der Waals surface area (Å²) in [5, 5.41) is 11.1. The molecule has 0 saturated heterocycles. The molecule has 0 saturated carbocycles. The van der Waals surface area contributed by atoms with E-state index in [2.05, 4.69) is 15.3 Å². The molecular weight excluding hydrogens is 264 g/mol. The Bertz CT molecular complexity index is 689. The van der Waals surface area contributed by atoms with Crippen molar-refractivity contribution in [1.82, 2.24) is 14.9 Å². The molecule has 2 aromatic rings. The highest BCUT2D eigenvalue weighted by Gasteiger charge is 2.12. The Hall–Kier alpha value is -2.15. The first-order valence-corrected chi connectivity index (χ1v) is 6.29. The maximum absolute atomic E-state index is 5.31. The van der Waals surface area contributed by atoms with Crippen molar-refractivity contribution in [1.29, 1.82) is 0 Å². The summed E-state index contributed by atoms with van der Waals surface area (Å²) in [7, 11) is 0. The van der Waals surface area contributed by atoms with Crippen LogP contribution in [0, 0.1) is 4.77 Å². The number of hydrogen-bond acceptors (Lipinski definition) is 5. The molecule has 0 fully saturated rings. The van der Waals surface area contributed by atoms with Crippen LogP contribution >= 0.6 is 12.2 Å². The van der Waals surface area contributed by atoms with Gasteiger partial charge < -0.3 is 9.47 Å². The highest BCUT2D eigenvalue weighted by atomic mass is 32.1. The van der Waals surface area contributed by atoms with E-state index >= 15 is 0 Å². The fraction of sp³-hybridized carbons (Fsp3) is 0.250. The Morgan fingerprint density at radius 1 is 1.47 bits per heavy atom. The Labute approximate surface area is 114 Å². The third-order valence-corrected chi connectivity index (χ3v) is 3.02. The zero-order chi connectivity index (χ0) is 13.2. The standard InChI is InChI=1S/C12H12N4O2S/c1-2-11-14-15-12(19)16(11)13-6-8-3-4-9-10(5-8)18-7-17-9/h3-6H,2,7H2,1H3,(H,15,19)/b13-6-. The molecule has 6 nitrogen and oxygen atoms in total. The number of nitrogens with zero attached hydrogens (tertiary/aromatic N) is 3. The lowest BCUT2D eigenvalue weighted by Gasteiger charge is -1.99. The Morgan fingerprint density at radius 2 is 2.32 bits per heavy atom.